The molecule has 1 fully saturated rings. The van der Waals surface area contributed by atoms with E-state index in [9.17, 15) is 17.2 Å². The van der Waals surface area contributed by atoms with Crippen LogP contribution in [0.4, 0.5) is 8.78 Å². The lowest BCUT2D eigenvalue weighted by Crippen LogP contribution is -2.56. The van der Waals surface area contributed by atoms with Gasteiger partial charge in [0, 0.05) is 17.5 Å². The molecule has 2 heterocycles. The number of sulfone groups is 1. The summed E-state index contributed by atoms with van der Waals surface area (Å²) in [5, 5.41) is 0.382. The highest BCUT2D eigenvalue weighted by Crippen LogP contribution is 2.55. The van der Waals surface area contributed by atoms with Crippen LogP contribution in [0.15, 0.2) is 41.3 Å². The van der Waals surface area contributed by atoms with Crippen LogP contribution in [0.25, 0.3) is 0 Å². The first-order chi connectivity index (χ1) is 12.8. The molecule has 1 unspecified atom stereocenters. The minimum absolute atomic E-state index is 0.00233. The largest absolute Gasteiger partial charge is 0.490 e. The second kappa shape index (κ2) is 6.43. The zero-order valence-corrected chi connectivity index (χ0v) is 16.0. The number of benzene rings is 2. The topological polar surface area (TPSA) is 52.6 Å². The maximum Gasteiger partial charge on any atom is 0.189 e. The number of ether oxygens (including phenoxy) is 2. The van der Waals surface area contributed by atoms with E-state index in [1.807, 2.05) is 0 Å². The number of fused-ring (bicyclic) bond motifs is 3. The molecule has 2 aliphatic rings. The Hall–Kier alpha value is -1.70. The van der Waals surface area contributed by atoms with Crippen molar-refractivity contribution in [2.24, 2.45) is 5.92 Å². The molecule has 4 rings (SSSR count). The fourth-order valence-corrected chi connectivity index (χ4v) is 6.70. The van der Waals surface area contributed by atoms with Crippen molar-refractivity contribution in [2.45, 2.75) is 29.1 Å². The molecule has 0 N–H and O–H groups in total. The van der Waals surface area contributed by atoms with Crippen molar-refractivity contribution in [2.75, 3.05) is 13.2 Å². The summed E-state index contributed by atoms with van der Waals surface area (Å²) in [5.74, 6) is -2.61. The fraction of sp³-hybridized carbons (Fsp3) is 0.368. The molecule has 4 nitrogen and oxygen atoms in total. The van der Waals surface area contributed by atoms with Gasteiger partial charge < -0.3 is 9.47 Å². The molecule has 0 spiro atoms. The van der Waals surface area contributed by atoms with Gasteiger partial charge in [-0.05, 0) is 49.7 Å². The van der Waals surface area contributed by atoms with Crippen LogP contribution in [0.3, 0.4) is 0 Å². The zero-order valence-electron chi connectivity index (χ0n) is 14.4. The number of hydrogen-bond acceptors (Lipinski definition) is 4. The summed E-state index contributed by atoms with van der Waals surface area (Å²) in [6.45, 7) is 1.75. The standard InChI is InChI=1S/C19H17ClF2O4S/c1-11-14-10-26-18-16(22)7-6-15(21)17(18)19(14,8-9-25-11)27(23,24)13-4-2-12(20)3-5-13/h2-7,11,14H,8-10H2,1H3/t11-,14?,19-/m1/s1. The van der Waals surface area contributed by atoms with Gasteiger partial charge in [0.2, 0.25) is 0 Å². The molecule has 144 valence electrons. The Morgan fingerprint density at radius 3 is 2.48 bits per heavy atom. The third kappa shape index (κ3) is 2.59. The Morgan fingerprint density at radius 2 is 1.78 bits per heavy atom. The van der Waals surface area contributed by atoms with E-state index in [-0.39, 0.29) is 35.8 Å². The van der Waals surface area contributed by atoms with Gasteiger partial charge in [-0.2, -0.15) is 0 Å². The summed E-state index contributed by atoms with van der Waals surface area (Å²) in [5.41, 5.74) is -0.246. The average Bonchev–Trinajstić information content (AvgIpc) is 2.64. The summed E-state index contributed by atoms with van der Waals surface area (Å²) in [7, 11) is -4.11. The summed E-state index contributed by atoms with van der Waals surface area (Å²) < 4.78 is 66.3. The summed E-state index contributed by atoms with van der Waals surface area (Å²) in [6, 6.07) is 7.58. The molecule has 0 aromatic heterocycles. The number of rotatable bonds is 2. The molecular formula is C19H17ClF2O4S. The first-order valence-electron chi connectivity index (χ1n) is 8.52. The Labute approximate surface area is 161 Å². The lowest BCUT2D eigenvalue weighted by atomic mass is 9.76. The monoisotopic (exact) mass is 414 g/mol. The van der Waals surface area contributed by atoms with E-state index < -0.39 is 38.2 Å². The van der Waals surface area contributed by atoms with Gasteiger partial charge in [0.25, 0.3) is 0 Å². The summed E-state index contributed by atoms with van der Waals surface area (Å²) in [4.78, 5) is 0.00233. The molecular weight excluding hydrogens is 398 g/mol. The molecule has 0 amide bonds. The van der Waals surface area contributed by atoms with Crippen molar-refractivity contribution >= 4 is 21.4 Å². The maximum absolute atomic E-state index is 14.9. The number of hydrogen-bond donors (Lipinski definition) is 0. The van der Waals surface area contributed by atoms with Crippen LogP contribution in [0.5, 0.6) is 5.75 Å². The highest BCUT2D eigenvalue weighted by Gasteiger charge is 2.60. The molecule has 0 bridgehead atoms. The van der Waals surface area contributed by atoms with Gasteiger partial charge in [-0.15, -0.1) is 0 Å². The van der Waals surface area contributed by atoms with Gasteiger partial charge >= 0.3 is 0 Å². The van der Waals surface area contributed by atoms with Crippen molar-refractivity contribution in [1.29, 1.82) is 0 Å². The molecule has 0 saturated carbocycles. The van der Waals surface area contributed by atoms with E-state index in [4.69, 9.17) is 21.1 Å². The third-order valence-electron chi connectivity index (χ3n) is 5.51. The fourth-order valence-electron chi connectivity index (χ4n) is 4.19. The van der Waals surface area contributed by atoms with Crippen molar-refractivity contribution in [3.63, 3.8) is 0 Å². The lowest BCUT2D eigenvalue weighted by molar-refractivity contribution is -0.0626. The molecule has 0 radical (unpaired) electrons. The van der Waals surface area contributed by atoms with E-state index in [0.717, 1.165) is 12.1 Å². The van der Waals surface area contributed by atoms with Crippen molar-refractivity contribution < 1.29 is 26.7 Å². The quantitative estimate of drug-likeness (QED) is 0.742. The Bertz CT molecular complexity index is 994. The molecule has 2 aliphatic heterocycles. The van der Waals surface area contributed by atoms with E-state index in [0.29, 0.717) is 5.02 Å². The minimum Gasteiger partial charge on any atom is -0.490 e. The predicted octanol–water partition coefficient (Wildman–Crippen LogP) is 4.10. The first-order valence-corrected chi connectivity index (χ1v) is 10.4. The molecule has 3 atom stereocenters. The van der Waals surface area contributed by atoms with Gasteiger partial charge in [0.1, 0.15) is 10.6 Å². The Morgan fingerprint density at radius 1 is 1.11 bits per heavy atom. The highest BCUT2D eigenvalue weighted by atomic mass is 35.5. The second-order valence-corrected chi connectivity index (χ2v) is 9.47. The molecule has 27 heavy (non-hydrogen) atoms. The van der Waals surface area contributed by atoms with Crippen LogP contribution in [-0.2, 0) is 19.3 Å². The van der Waals surface area contributed by atoms with Crippen molar-refractivity contribution in [1.82, 2.24) is 0 Å². The van der Waals surface area contributed by atoms with Crippen LogP contribution in [0.1, 0.15) is 18.9 Å². The lowest BCUT2D eigenvalue weighted by Gasteiger charge is -2.49. The molecule has 2 aromatic rings. The number of halogens is 3. The van der Waals surface area contributed by atoms with Gasteiger partial charge in [-0.3, -0.25) is 0 Å². The van der Waals surface area contributed by atoms with Crippen LogP contribution >= 0.6 is 11.6 Å². The first kappa shape index (κ1) is 18.7. The SMILES string of the molecule is C[C@H]1OCC[C@]2(S(=O)(=O)c3ccc(Cl)cc3)c3c(F)ccc(F)c3OCC12. The summed E-state index contributed by atoms with van der Waals surface area (Å²) >= 11 is 5.89. The average molecular weight is 415 g/mol. The van der Waals surface area contributed by atoms with Crippen LogP contribution in [0.2, 0.25) is 5.02 Å². The zero-order chi connectivity index (χ0) is 19.4. The van der Waals surface area contributed by atoms with E-state index in [2.05, 4.69) is 0 Å². The minimum atomic E-state index is -4.11. The molecule has 1 saturated heterocycles. The van der Waals surface area contributed by atoms with Gasteiger partial charge in [0.15, 0.2) is 21.4 Å². The Balaban J connectivity index is 2.04. The van der Waals surface area contributed by atoms with E-state index in [1.165, 1.54) is 24.3 Å². The van der Waals surface area contributed by atoms with Crippen molar-refractivity contribution in [3.05, 3.63) is 58.6 Å². The van der Waals surface area contributed by atoms with Crippen LogP contribution in [-0.4, -0.2) is 27.7 Å². The molecule has 8 heteroatoms. The Kier molecular flexibility index (Phi) is 4.44. The van der Waals surface area contributed by atoms with Crippen LogP contribution < -0.4 is 4.74 Å². The van der Waals surface area contributed by atoms with Crippen molar-refractivity contribution in [3.8, 4) is 5.75 Å². The van der Waals surface area contributed by atoms with Gasteiger partial charge in [-0.1, -0.05) is 11.6 Å². The highest BCUT2D eigenvalue weighted by molar-refractivity contribution is 7.92. The van der Waals surface area contributed by atoms with Gasteiger partial charge in [-0.25, -0.2) is 17.2 Å². The second-order valence-electron chi connectivity index (χ2n) is 6.82. The predicted molar refractivity (Wildman–Crippen MR) is 95.7 cm³/mol. The maximum atomic E-state index is 14.9. The third-order valence-corrected chi connectivity index (χ3v) is 8.33. The van der Waals surface area contributed by atoms with E-state index in [1.54, 1.807) is 6.92 Å². The van der Waals surface area contributed by atoms with Gasteiger partial charge in [0.05, 0.1) is 23.2 Å². The smallest absolute Gasteiger partial charge is 0.189 e. The summed E-state index contributed by atoms with van der Waals surface area (Å²) in [6.07, 6.45) is -0.499. The normalized spacial score (nSPS) is 27.4. The molecule has 2 aromatic carbocycles. The molecule has 0 aliphatic carbocycles. The van der Waals surface area contributed by atoms with Crippen LogP contribution in [0, 0.1) is 17.6 Å². The van der Waals surface area contributed by atoms with E-state index >= 15 is 0 Å².